The first-order valence-corrected chi connectivity index (χ1v) is 6.51. The predicted molar refractivity (Wildman–Crippen MR) is 85.6 cm³/mol. The third kappa shape index (κ3) is 3.74. The van der Waals surface area contributed by atoms with E-state index in [1.165, 1.54) is 31.5 Å². The van der Waals surface area contributed by atoms with Crippen molar-refractivity contribution in [1.82, 2.24) is 0 Å². The first-order valence-electron chi connectivity index (χ1n) is 6.51. The zero-order chi connectivity index (χ0) is 17.7. The molecule has 0 radical (unpaired) electrons. The second-order valence-corrected chi connectivity index (χ2v) is 4.52. The van der Waals surface area contributed by atoms with Crippen LogP contribution in [0, 0.1) is 20.2 Å². The molecule has 0 saturated heterocycles. The van der Waals surface area contributed by atoms with E-state index in [4.69, 9.17) is 4.74 Å². The van der Waals surface area contributed by atoms with Crippen LogP contribution in [-0.4, -0.2) is 28.3 Å². The van der Waals surface area contributed by atoms with Crippen molar-refractivity contribution in [2.24, 2.45) is 5.10 Å². The van der Waals surface area contributed by atoms with E-state index in [-0.39, 0.29) is 22.9 Å². The van der Waals surface area contributed by atoms with Crippen LogP contribution < -0.4 is 10.2 Å². The van der Waals surface area contributed by atoms with Crippen LogP contribution in [0.1, 0.15) is 5.56 Å². The number of aromatic hydroxyl groups is 1. The lowest BCUT2D eigenvalue weighted by Gasteiger charge is -2.04. The molecule has 0 unspecified atom stereocenters. The van der Waals surface area contributed by atoms with Gasteiger partial charge in [-0.15, -0.1) is 0 Å². The summed E-state index contributed by atoms with van der Waals surface area (Å²) in [7, 11) is 1.40. The van der Waals surface area contributed by atoms with Gasteiger partial charge in [0, 0.05) is 6.07 Å². The molecule has 0 saturated carbocycles. The molecule has 0 aliphatic carbocycles. The van der Waals surface area contributed by atoms with E-state index in [1.54, 1.807) is 6.07 Å². The first kappa shape index (κ1) is 16.7. The Morgan fingerprint density at radius 1 is 1.17 bits per heavy atom. The van der Waals surface area contributed by atoms with E-state index < -0.39 is 15.5 Å². The largest absolute Gasteiger partial charge is 0.504 e. The lowest BCUT2D eigenvalue weighted by Crippen LogP contribution is -1.98. The maximum absolute atomic E-state index is 11.0. The van der Waals surface area contributed by atoms with Crippen LogP contribution in [0.15, 0.2) is 41.5 Å². The molecule has 0 aliphatic rings. The minimum absolute atomic E-state index is 0.00703. The number of rotatable bonds is 6. The summed E-state index contributed by atoms with van der Waals surface area (Å²) >= 11 is 0. The molecule has 0 aromatic heterocycles. The van der Waals surface area contributed by atoms with E-state index >= 15 is 0 Å². The fourth-order valence-electron chi connectivity index (χ4n) is 1.83. The average molecular weight is 332 g/mol. The number of methoxy groups -OCH3 is 1. The van der Waals surface area contributed by atoms with Crippen molar-refractivity contribution in [2.75, 3.05) is 12.5 Å². The molecule has 0 aliphatic heterocycles. The Bertz CT molecular complexity index is 821. The van der Waals surface area contributed by atoms with Crippen LogP contribution in [0.25, 0.3) is 0 Å². The van der Waals surface area contributed by atoms with Gasteiger partial charge >= 0.3 is 5.69 Å². The third-order valence-corrected chi connectivity index (χ3v) is 2.99. The minimum atomic E-state index is -0.742. The van der Waals surface area contributed by atoms with Crippen molar-refractivity contribution >= 4 is 23.3 Å². The number of ether oxygens (including phenoxy) is 1. The van der Waals surface area contributed by atoms with Crippen LogP contribution in [0.3, 0.4) is 0 Å². The molecular formula is C14H12N4O6. The maximum atomic E-state index is 11.0. The quantitative estimate of drug-likeness (QED) is 0.470. The van der Waals surface area contributed by atoms with Gasteiger partial charge in [-0.3, -0.25) is 25.7 Å². The third-order valence-electron chi connectivity index (χ3n) is 2.99. The highest BCUT2D eigenvalue weighted by Crippen LogP contribution is 2.29. The van der Waals surface area contributed by atoms with Gasteiger partial charge in [-0.2, -0.15) is 5.10 Å². The summed E-state index contributed by atoms with van der Waals surface area (Å²) in [6.07, 6.45) is 1.35. The topological polar surface area (TPSA) is 140 Å². The Morgan fingerprint density at radius 3 is 2.54 bits per heavy atom. The van der Waals surface area contributed by atoms with Gasteiger partial charge in [-0.25, -0.2) is 0 Å². The van der Waals surface area contributed by atoms with Gasteiger partial charge in [0.05, 0.1) is 29.2 Å². The Balaban J connectivity index is 2.22. The zero-order valence-corrected chi connectivity index (χ0v) is 12.4. The number of phenolic OH excluding ortho intramolecular Hbond substituents is 1. The summed E-state index contributed by atoms with van der Waals surface area (Å²) in [6.45, 7) is 0. The van der Waals surface area contributed by atoms with Crippen LogP contribution in [-0.2, 0) is 0 Å². The number of hydrogen-bond acceptors (Lipinski definition) is 8. The molecule has 10 heteroatoms. The van der Waals surface area contributed by atoms with E-state index in [0.29, 0.717) is 5.56 Å². The molecule has 0 heterocycles. The Morgan fingerprint density at radius 2 is 1.92 bits per heavy atom. The fourth-order valence-corrected chi connectivity index (χ4v) is 1.83. The summed E-state index contributed by atoms with van der Waals surface area (Å²) in [6, 6.07) is 7.67. The van der Waals surface area contributed by atoms with E-state index in [9.17, 15) is 25.3 Å². The summed E-state index contributed by atoms with van der Waals surface area (Å²) in [5, 5.41) is 35.0. The summed E-state index contributed by atoms with van der Waals surface area (Å²) in [5.74, 6) is 0.217. The van der Waals surface area contributed by atoms with Gasteiger partial charge in [-0.1, -0.05) is 0 Å². The van der Waals surface area contributed by atoms with Crippen molar-refractivity contribution in [1.29, 1.82) is 0 Å². The number of nitrogens with zero attached hydrogens (tertiary/aromatic N) is 3. The van der Waals surface area contributed by atoms with E-state index in [1.807, 2.05) is 0 Å². The number of anilines is 1. The number of nitro groups is 2. The van der Waals surface area contributed by atoms with Gasteiger partial charge in [0.25, 0.3) is 5.69 Å². The fraction of sp³-hybridized carbons (Fsp3) is 0.0714. The van der Waals surface area contributed by atoms with Crippen LogP contribution in [0.5, 0.6) is 11.5 Å². The first-order chi connectivity index (χ1) is 11.4. The van der Waals surface area contributed by atoms with E-state index in [2.05, 4.69) is 10.5 Å². The molecule has 2 aromatic rings. The molecule has 0 bridgehead atoms. The van der Waals surface area contributed by atoms with Crippen LogP contribution in [0.4, 0.5) is 17.1 Å². The minimum Gasteiger partial charge on any atom is -0.504 e. The smallest absolute Gasteiger partial charge is 0.301 e. The number of benzene rings is 2. The number of non-ortho nitro benzene ring substituents is 1. The SMILES string of the molecule is COc1cc(C=NNc2ccc([N+](=O)[O-])cc2[N+](=O)[O-])ccc1O. The maximum Gasteiger partial charge on any atom is 0.301 e. The highest BCUT2D eigenvalue weighted by atomic mass is 16.6. The second kappa shape index (κ2) is 7.05. The molecule has 24 heavy (non-hydrogen) atoms. The zero-order valence-electron chi connectivity index (χ0n) is 12.4. The van der Waals surface area contributed by atoms with Gasteiger partial charge in [0.15, 0.2) is 11.5 Å². The summed E-state index contributed by atoms with van der Waals surface area (Å²) in [4.78, 5) is 20.2. The number of nitro benzene ring substituents is 2. The van der Waals surface area contributed by atoms with Crippen molar-refractivity contribution < 1.29 is 19.7 Å². The highest BCUT2D eigenvalue weighted by Gasteiger charge is 2.19. The molecule has 124 valence electrons. The highest BCUT2D eigenvalue weighted by molar-refractivity contribution is 5.82. The van der Waals surface area contributed by atoms with Crippen molar-refractivity contribution in [3.63, 3.8) is 0 Å². The van der Waals surface area contributed by atoms with Gasteiger partial charge in [0.2, 0.25) is 0 Å². The molecule has 0 atom stereocenters. The summed E-state index contributed by atoms with van der Waals surface area (Å²) in [5.41, 5.74) is 2.18. The Kier molecular flexibility index (Phi) is 4.90. The van der Waals surface area contributed by atoms with Crippen molar-refractivity contribution in [3.8, 4) is 11.5 Å². The number of phenols is 1. The number of nitrogens with one attached hydrogen (secondary N) is 1. The lowest BCUT2D eigenvalue weighted by molar-refractivity contribution is -0.393. The molecule has 10 nitrogen and oxygen atoms in total. The predicted octanol–water partition coefficient (Wildman–Crippen LogP) is 2.66. The van der Waals surface area contributed by atoms with Gasteiger partial charge in [-0.05, 0) is 29.8 Å². The molecule has 2 N–H and O–H groups in total. The lowest BCUT2D eigenvalue weighted by atomic mass is 10.2. The summed E-state index contributed by atoms with van der Waals surface area (Å²) < 4.78 is 4.95. The molecule has 0 spiro atoms. The van der Waals surface area contributed by atoms with Crippen LogP contribution in [0.2, 0.25) is 0 Å². The van der Waals surface area contributed by atoms with Crippen molar-refractivity contribution in [3.05, 3.63) is 62.2 Å². The second-order valence-electron chi connectivity index (χ2n) is 4.52. The van der Waals surface area contributed by atoms with Gasteiger partial charge < -0.3 is 9.84 Å². The van der Waals surface area contributed by atoms with Crippen LogP contribution >= 0.6 is 0 Å². The van der Waals surface area contributed by atoms with E-state index in [0.717, 1.165) is 12.1 Å². The Hall–Kier alpha value is -3.69. The molecule has 2 rings (SSSR count). The Labute approximate surface area is 135 Å². The average Bonchev–Trinajstić information content (AvgIpc) is 2.56. The monoisotopic (exact) mass is 332 g/mol. The molecule has 2 aromatic carbocycles. The number of hydrogen-bond donors (Lipinski definition) is 2. The van der Waals surface area contributed by atoms with Gasteiger partial charge in [0.1, 0.15) is 5.69 Å². The molecule has 0 amide bonds. The normalized spacial score (nSPS) is 10.5. The van der Waals surface area contributed by atoms with Crippen molar-refractivity contribution in [2.45, 2.75) is 0 Å². The standard InChI is InChI=1S/C14H12N4O6/c1-24-14-6-9(2-5-13(14)19)8-15-16-11-4-3-10(17(20)21)7-12(11)18(22)23/h2-8,16,19H,1H3. The molecule has 0 fully saturated rings. The number of hydrazone groups is 1. The molecular weight excluding hydrogens is 320 g/mol.